The van der Waals surface area contributed by atoms with Crippen molar-refractivity contribution in [2.75, 3.05) is 7.05 Å². The van der Waals surface area contributed by atoms with Gasteiger partial charge in [-0.25, -0.2) is 0 Å². The predicted molar refractivity (Wildman–Crippen MR) is 76.3 cm³/mol. The Bertz CT molecular complexity index is 605. The molecule has 1 unspecified atom stereocenters. The van der Waals surface area contributed by atoms with E-state index in [4.69, 9.17) is 0 Å². The van der Waals surface area contributed by atoms with Gasteiger partial charge in [-0.05, 0) is 42.6 Å². The Balaban J connectivity index is 2.16. The number of carbonyl (C=O) groups excluding carboxylic acids is 1. The van der Waals surface area contributed by atoms with Crippen molar-refractivity contribution in [3.63, 3.8) is 0 Å². The molecule has 0 aliphatic rings. The summed E-state index contributed by atoms with van der Waals surface area (Å²) in [7, 11) is 1.64. The van der Waals surface area contributed by atoms with Crippen molar-refractivity contribution in [1.82, 2.24) is 4.90 Å². The first-order valence-corrected chi connectivity index (χ1v) is 7.16. The molecule has 1 aromatic carbocycles. The minimum Gasteiger partial charge on any atom is -0.334 e. The average molecular weight is 313 g/mol. The van der Waals surface area contributed by atoms with Gasteiger partial charge in [-0.15, -0.1) is 11.3 Å². The first kappa shape index (κ1) is 15.6. The summed E-state index contributed by atoms with van der Waals surface area (Å²) in [6.07, 6.45) is -4.39. The molecule has 0 fully saturated rings. The van der Waals surface area contributed by atoms with E-state index in [1.165, 1.54) is 28.4 Å². The quantitative estimate of drug-likeness (QED) is 0.811. The van der Waals surface area contributed by atoms with Gasteiger partial charge in [0.05, 0.1) is 11.6 Å². The maximum atomic E-state index is 12.5. The SMILES string of the molecule is CC(c1cccs1)N(C)C(=O)c1ccc(C(F)(F)F)cc1. The van der Waals surface area contributed by atoms with E-state index in [9.17, 15) is 18.0 Å². The Kier molecular flexibility index (Phi) is 4.37. The van der Waals surface area contributed by atoms with Gasteiger partial charge in [0, 0.05) is 17.5 Å². The zero-order chi connectivity index (χ0) is 15.6. The largest absolute Gasteiger partial charge is 0.416 e. The van der Waals surface area contributed by atoms with Gasteiger partial charge < -0.3 is 4.90 Å². The molecule has 0 spiro atoms. The number of hydrogen-bond acceptors (Lipinski definition) is 2. The summed E-state index contributed by atoms with van der Waals surface area (Å²) in [6.45, 7) is 1.88. The highest BCUT2D eigenvalue weighted by molar-refractivity contribution is 7.10. The van der Waals surface area contributed by atoms with Crippen molar-refractivity contribution in [3.8, 4) is 0 Å². The van der Waals surface area contributed by atoms with Crippen LogP contribution in [0, 0.1) is 0 Å². The normalized spacial score (nSPS) is 13.0. The van der Waals surface area contributed by atoms with E-state index < -0.39 is 11.7 Å². The lowest BCUT2D eigenvalue weighted by atomic mass is 10.1. The van der Waals surface area contributed by atoms with Crippen LogP contribution in [0.25, 0.3) is 0 Å². The van der Waals surface area contributed by atoms with Gasteiger partial charge in [0.1, 0.15) is 0 Å². The predicted octanol–water partition coefficient (Wildman–Crippen LogP) is 4.60. The topological polar surface area (TPSA) is 20.3 Å². The van der Waals surface area contributed by atoms with Gasteiger partial charge in [-0.3, -0.25) is 4.79 Å². The maximum absolute atomic E-state index is 12.5. The highest BCUT2D eigenvalue weighted by Crippen LogP contribution is 2.30. The summed E-state index contributed by atoms with van der Waals surface area (Å²) in [5, 5.41) is 1.92. The molecular weight excluding hydrogens is 299 g/mol. The number of nitrogens with zero attached hydrogens (tertiary/aromatic N) is 1. The fourth-order valence-electron chi connectivity index (χ4n) is 1.90. The summed E-state index contributed by atoms with van der Waals surface area (Å²) >= 11 is 1.54. The second kappa shape index (κ2) is 5.89. The summed E-state index contributed by atoms with van der Waals surface area (Å²) < 4.78 is 37.5. The Labute approximate surface area is 124 Å². The number of thiophene rings is 1. The van der Waals surface area contributed by atoms with Crippen molar-refractivity contribution >= 4 is 17.2 Å². The van der Waals surface area contributed by atoms with Crippen molar-refractivity contribution < 1.29 is 18.0 Å². The van der Waals surface area contributed by atoms with Gasteiger partial charge in [0.25, 0.3) is 5.91 Å². The second-order valence-corrected chi connectivity index (χ2v) is 5.66. The molecule has 2 rings (SSSR count). The third-order valence-electron chi connectivity index (χ3n) is 3.32. The van der Waals surface area contributed by atoms with Crippen LogP contribution in [0.4, 0.5) is 13.2 Å². The van der Waals surface area contributed by atoms with Gasteiger partial charge >= 0.3 is 6.18 Å². The van der Waals surface area contributed by atoms with Crippen LogP contribution in [0.2, 0.25) is 0 Å². The van der Waals surface area contributed by atoms with Crippen LogP contribution < -0.4 is 0 Å². The molecule has 0 aliphatic heterocycles. The Morgan fingerprint density at radius 1 is 1.19 bits per heavy atom. The monoisotopic (exact) mass is 313 g/mol. The molecule has 112 valence electrons. The molecular formula is C15H14F3NOS. The van der Waals surface area contributed by atoms with E-state index in [2.05, 4.69) is 0 Å². The molecule has 1 amide bonds. The van der Waals surface area contributed by atoms with Crippen LogP contribution in [0.3, 0.4) is 0 Å². The van der Waals surface area contributed by atoms with Gasteiger partial charge in [-0.1, -0.05) is 6.07 Å². The fraction of sp³-hybridized carbons (Fsp3) is 0.267. The molecule has 2 nitrogen and oxygen atoms in total. The van der Waals surface area contributed by atoms with E-state index in [1.54, 1.807) is 7.05 Å². The number of halogens is 3. The highest BCUT2D eigenvalue weighted by Gasteiger charge is 2.30. The molecule has 1 heterocycles. The van der Waals surface area contributed by atoms with Crippen LogP contribution in [0.15, 0.2) is 41.8 Å². The van der Waals surface area contributed by atoms with Crippen molar-refractivity contribution in [1.29, 1.82) is 0 Å². The first-order valence-electron chi connectivity index (χ1n) is 6.28. The molecule has 2 aromatic rings. The molecule has 1 aromatic heterocycles. The fourth-order valence-corrected chi connectivity index (χ4v) is 2.73. The highest BCUT2D eigenvalue weighted by atomic mass is 32.1. The number of hydrogen-bond donors (Lipinski definition) is 0. The molecule has 6 heteroatoms. The molecule has 0 saturated carbocycles. The number of rotatable bonds is 3. The third kappa shape index (κ3) is 3.44. The molecule has 0 aliphatic carbocycles. The van der Waals surface area contributed by atoms with Gasteiger partial charge in [0.15, 0.2) is 0 Å². The van der Waals surface area contributed by atoms with Crippen molar-refractivity contribution in [2.24, 2.45) is 0 Å². The third-order valence-corrected chi connectivity index (χ3v) is 4.36. The zero-order valence-corrected chi connectivity index (χ0v) is 12.3. The van der Waals surface area contributed by atoms with Gasteiger partial charge in [0.2, 0.25) is 0 Å². The molecule has 1 atom stereocenters. The molecule has 0 radical (unpaired) electrons. The van der Waals surface area contributed by atoms with E-state index in [0.29, 0.717) is 0 Å². The van der Waals surface area contributed by atoms with Gasteiger partial charge in [-0.2, -0.15) is 13.2 Å². The summed E-state index contributed by atoms with van der Waals surface area (Å²) in [4.78, 5) is 14.8. The summed E-state index contributed by atoms with van der Waals surface area (Å²) in [5.74, 6) is -0.301. The van der Waals surface area contributed by atoms with Crippen LogP contribution >= 0.6 is 11.3 Å². The average Bonchev–Trinajstić information content (AvgIpc) is 2.98. The van der Waals surface area contributed by atoms with E-state index >= 15 is 0 Å². The zero-order valence-electron chi connectivity index (χ0n) is 11.5. The number of amides is 1. The number of alkyl halides is 3. The maximum Gasteiger partial charge on any atom is 0.416 e. The molecule has 0 N–H and O–H groups in total. The van der Waals surface area contributed by atoms with Crippen LogP contribution in [0.5, 0.6) is 0 Å². The molecule has 0 bridgehead atoms. The summed E-state index contributed by atoms with van der Waals surface area (Å²) in [5.41, 5.74) is -0.512. The lowest BCUT2D eigenvalue weighted by Gasteiger charge is -2.24. The Morgan fingerprint density at radius 2 is 1.81 bits per heavy atom. The van der Waals surface area contributed by atoms with Crippen molar-refractivity contribution in [3.05, 3.63) is 57.8 Å². The van der Waals surface area contributed by atoms with Crippen LogP contribution in [0.1, 0.15) is 33.8 Å². The lowest BCUT2D eigenvalue weighted by Crippen LogP contribution is -2.29. The Hall–Kier alpha value is -1.82. The van der Waals surface area contributed by atoms with E-state index in [-0.39, 0.29) is 17.5 Å². The minimum atomic E-state index is -4.39. The lowest BCUT2D eigenvalue weighted by molar-refractivity contribution is -0.137. The van der Waals surface area contributed by atoms with Crippen LogP contribution in [-0.4, -0.2) is 17.9 Å². The second-order valence-electron chi connectivity index (χ2n) is 4.68. The molecule has 0 saturated heterocycles. The standard InChI is InChI=1S/C15H14F3NOS/c1-10(13-4-3-9-21-13)19(2)14(20)11-5-7-12(8-6-11)15(16,17)18/h3-10H,1-2H3. The van der Waals surface area contributed by atoms with E-state index in [1.807, 2.05) is 24.4 Å². The molecule has 21 heavy (non-hydrogen) atoms. The Morgan fingerprint density at radius 3 is 2.29 bits per heavy atom. The van der Waals surface area contributed by atoms with Crippen LogP contribution in [-0.2, 0) is 6.18 Å². The number of carbonyl (C=O) groups is 1. The number of benzene rings is 1. The minimum absolute atomic E-state index is 0.125. The smallest absolute Gasteiger partial charge is 0.334 e. The van der Waals surface area contributed by atoms with Crippen molar-refractivity contribution in [2.45, 2.75) is 19.1 Å². The van der Waals surface area contributed by atoms with E-state index in [0.717, 1.165) is 17.0 Å². The summed E-state index contributed by atoms with van der Waals surface area (Å²) in [6, 6.07) is 7.97. The first-order chi connectivity index (χ1) is 9.80.